The molecule has 0 unspecified atom stereocenters. The van der Waals surface area contributed by atoms with E-state index < -0.39 is 0 Å². The van der Waals surface area contributed by atoms with Crippen LogP contribution >= 0.6 is 20.6 Å². The molecule has 9 heavy (non-hydrogen) atoms. The third kappa shape index (κ3) is 7.00. The molecule has 4 heteroatoms. The number of hydrogen-bond acceptors (Lipinski definition) is 2. The first-order chi connectivity index (χ1) is 2.93. The molecule has 0 amide bonds. The first-order valence-corrected chi connectivity index (χ1v) is 7.36. The summed E-state index contributed by atoms with van der Waals surface area (Å²) in [6, 6.07) is 0. The molecule has 1 rings (SSSR count). The Kier molecular flexibility index (Phi) is 20.8. The second-order valence-electron chi connectivity index (χ2n) is 1.28. The zero-order valence-corrected chi connectivity index (χ0v) is 11.2. The van der Waals surface area contributed by atoms with Gasteiger partial charge in [-0.05, 0) is 0 Å². The Morgan fingerprint density at radius 3 is 1.78 bits per heavy atom. The molecule has 0 aromatic heterocycles. The maximum atomic E-state index is 2.08. The monoisotopic (exact) mass is 348 g/mol. The molecule has 0 bridgehead atoms. The maximum absolute atomic E-state index is 2.08. The van der Waals surface area contributed by atoms with Crippen molar-refractivity contribution in [1.29, 1.82) is 0 Å². The van der Waals surface area contributed by atoms with Crippen LogP contribution in [0.25, 0.3) is 0 Å². The van der Waals surface area contributed by atoms with E-state index >= 15 is 0 Å². The average Bonchev–Trinajstić information content (AvgIpc) is 1.31. The van der Waals surface area contributed by atoms with Crippen LogP contribution in [-0.4, -0.2) is 38.4 Å². The minimum absolute atomic E-state index is 0. The molecular weight excluding hydrogens is 335 g/mol. The smallest absolute Gasteiger partial charge is 0 e. The molecule has 1 fully saturated rings. The van der Waals surface area contributed by atoms with Gasteiger partial charge >= 0.3 is 59.0 Å². The Hall–Kier alpha value is 2.62. The fourth-order valence-corrected chi connectivity index (χ4v) is 5.33. The van der Waals surface area contributed by atoms with Crippen LogP contribution in [-0.2, 0) is 32.7 Å². The molecule has 1 saturated heterocycles. The molecule has 1 aliphatic heterocycles. The quantitative estimate of drug-likeness (QED) is 0.664. The number of rotatable bonds is 1. The zero-order chi connectivity index (χ0) is 4.41. The van der Waals surface area contributed by atoms with Gasteiger partial charge in [0.15, 0.2) is 0 Å². The minimum atomic E-state index is 0. The summed E-state index contributed by atoms with van der Waals surface area (Å²) in [4.78, 5) is 0. The van der Waals surface area contributed by atoms with Crippen molar-refractivity contribution < 1.29 is 32.7 Å². The Bertz CT molecular complexity index is 47.5. The van der Waals surface area contributed by atoms with Gasteiger partial charge in [0, 0.05) is 32.7 Å². The van der Waals surface area contributed by atoms with Crippen molar-refractivity contribution in [1.82, 2.24) is 0 Å². The van der Waals surface area contributed by atoms with E-state index in [0.29, 0.717) is 0 Å². The molecule has 1 heterocycles. The summed E-state index contributed by atoms with van der Waals surface area (Å²) in [5.41, 5.74) is 0. The first-order valence-electron chi connectivity index (χ1n) is 1.83. The standard InChI is InChI=1S/C3H6S2.2CH4.Sb.Y.H/c4-3-1-5-2-3;;;;;/h3-4H,1-2H2;2*1H4;;;/q;;;+1;;/p-1. The largest absolute Gasteiger partial charge is 0 e. The average molecular weight is 349 g/mol. The van der Waals surface area contributed by atoms with Crippen LogP contribution in [0.1, 0.15) is 14.9 Å². The van der Waals surface area contributed by atoms with Gasteiger partial charge < -0.3 is 0 Å². The molecule has 0 aliphatic carbocycles. The van der Waals surface area contributed by atoms with Gasteiger partial charge in [-0.2, -0.15) is 0 Å². The van der Waals surface area contributed by atoms with Crippen LogP contribution in [0.2, 0.25) is 0 Å². The van der Waals surface area contributed by atoms with Crippen molar-refractivity contribution in [3.05, 3.63) is 0 Å². The van der Waals surface area contributed by atoms with Gasteiger partial charge in [-0.25, -0.2) is 0 Å². The third-order valence-electron chi connectivity index (χ3n) is 0.774. The predicted octanol–water partition coefficient (Wildman–Crippen LogP) is 1.92. The Morgan fingerprint density at radius 2 is 1.78 bits per heavy atom. The number of thioether (sulfide) groups is 1. The summed E-state index contributed by atoms with van der Waals surface area (Å²) in [5, 5.41) is 1.04. The molecule has 0 spiro atoms. The summed E-state index contributed by atoms with van der Waals surface area (Å²) in [6.07, 6.45) is 0. The van der Waals surface area contributed by atoms with E-state index in [1.54, 1.807) is 21.6 Å². The summed E-state index contributed by atoms with van der Waals surface area (Å²) >= 11 is 3.70. The fraction of sp³-hybridized carbons (Fsp3) is 1.00. The van der Waals surface area contributed by atoms with Gasteiger partial charge in [0.1, 0.15) is 0 Å². The van der Waals surface area contributed by atoms with E-state index in [9.17, 15) is 0 Å². The molecule has 0 aromatic carbocycles. The molecule has 0 N–H and O–H groups in total. The topological polar surface area (TPSA) is 0 Å². The van der Waals surface area contributed by atoms with Gasteiger partial charge in [-0.1, -0.05) is 14.9 Å². The van der Waals surface area contributed by atoms with E-state index in [-0.39, 0.29) is 47.6 Å². The Labute approximate surface area is 105 Å². The van der Waals surface area contributed by atoms with Gasteiger partial charge in [0.2, 0.25) is 0 Å². The zero-order valence-electron chi connectivity index (χ0n) is 3.89. The normalized spacial score (nSPS) is 15.7. The summed E-state index contributed by atoms with van der Waals surface area (Å²) < 4.78 is 0. The summed E-state index contributed by atoms with van der Waals surface area (Å²) in [7, 11) is 2.08. The van der Waals surface area contributed by atoms with Crippen molar-refractivity contribution in [2.45, 2.75) is 20.1 Å². The van der Waals surface area contributed by atoms with Crippen LogP contribution in [0.15, 0.2) is 0 Å². The van der Waals surface area contributed by atoms with E-state index in [0.717, 1.165) is 5.25 Å². The van der Waals surface area contributed by atoms with Crippen LogP contribution in [0.3, 0.4) is 0 Å². The van der Waals surface area contributed by atoms with E-state index in [2.05, 4.69) is 20.6 Å². The van der Waals surface area contributed by atoms with Gasteiger partial charge in [0.25, 0.3) is 0 Å². The molecule has 2 radical (unpaired) electrons. The van der Waals surface area contributed by atoms with Gasteiger partial charge in [-0.3, -0.25) is 0 Å². The van der Waals surface area contributed by atoms with Crippen LogP contribution in [0.5, 0.6) is 0 Å². The molecule has 0 atom stereocenters. The van der Waals surface area contributed by atoms with Crippen molar-refractivity contribution in [2.75, 3.05) is 11.5 Å². The number of hydrogen-bond donors (Lipinski definition) is 0. The second-order valence-corrected chi connectivity index (χ2v) is 5.27. The molecule has 1 aliphatic rings. The van der Waals surface area contributed by atoms with Crippen molar-refractivity contribution in [3.8, 4) is 0 Å². The van der Waals surface area contributed by atoms with Crippen LogP contribution < -0.4 is 0 Å². The summed E-state index contributed by atoms with van der Waals surface area (Å²) in [5.74, 6) is 2.83. The van der Waals surface area contributed by atoms with E-state index in [1.807, 2.05) is 0 Å². The molecule has 0 saturated carbocycles. The van der Waals surface area contributed by atoms with Gasteiger partial charge in [-0.15, -0.1) is 0 Å². The fourth-order valence-electron chi connectivity index (χ4n) is 0.282. The minimum Gasteiger partial charge on any atom is 0 e. The van der Waals surface area contributed by atoms with Crippen molar-refractivity contribution >= 4 is 42.2 Å². The van der Waals surface area contributed by atoms with Crippen molar-refractivity contribution in [3.63, 3.8) is 0 Å². The van der Waals surface area contributed by atoms with Crippen molar-refractivity contribution in [2.24, 2.45) is 0 Å². The second kappa shape index (κ2) is 10.6. The Balaban J connectivity index is -0.000000120. The Morgan fingerprint density at radius 1 is 1.33 bits per heavy atom. The molecule has 0 nitrogen and oxygen atoms in total. The third-order valence-corrected chi connectivity index (χ3v) is 5.99. The van der Waals surface area contributed by atoms with Gasteiger partial charge in [0.05, 0.1) is 0 Å². The first kappa shape index (κ1) is 17.6. The van der Waals surface area contributed by atoms with Crippen LogP contribution in [0, 0.1) is 0 Å². The maximum Gasteiger partial charge on any atom is 0 e. The predicted molar refractivity (Wildman–Crippen MR) is 49.3 cm³/mol. The van der Waals surface area contributed by atoms with E-state index in [4.69, 9.17) is 0 Å². The SMILES string of the molecule is C.C.[SbH][S]C1CSC1.[Y]. The van der Waals surface area contributed by atoms with E-state index in [1.165, 1.54) is 11.5 Å². The molecule has 0 aromatic rings. The van der Waals surface area contributed by atoms with Crippen LogP contribution in [0.4, 0.5) is 0 Å². The molecule has 54 valence electrons. The molecular formula is C5H14S2SbY. The summed E-state index contributed by atoms with van der Waals surface area (Å²) in [6.45, 7) is 0.